The minimum atomic E-state index is -0.0303. The van der Waals surface area contributed by atoms with Crippen LogP contribution in [-0.4, -0.2) is 11.6 Å². The largest absolute Gasteiger partial charge is 0.459 e. The van der Waals surface area contributed by atoms with Gasteiger partial charge in [-0.25, -0.2) is 0 Å². The van der Waals surface area contributed by atoms with E-state index in [0.29, 0.717) is 6.42 Å². The van der Waals surface area contributed by atoms with Gasteiger partial charge in [0.25, 0.3) is 0 Å². The van der Waals surface area contributed by atoms with Crippen LogP contribution >= 0.6 is 0 Å². The molecule has 1 aliphatic carbocycles. The van der Waals surface area contributed by atoms with Gasteiger partial charge in [0.1, 0.15) is 5.60 Å². The Bertz CT molecular complexity index is 190. The zero-order valence-corrected chi connectivity index (χ0v) is 8.18. The SMILES string of the molecule is O=C1CCC2(CCCCCCC2)O1. The van der Waals surface area contributed by atoms with Crippen LogP contribution in [0.25, 0.3) is 0 Å². The van der Waals surface area contributed by atoms with Crippen LogP contribution in [0.5, 0.6) is 0 Å². The summed E-state index contributed by atoms with van der Waals surface area (Å²) in [5.41, 5.74) is -0.0303. The van der Waals surface area contributed by atoms with E-state index in [2.05, 4.69) is 0 Å². The van der Waals surface area contributed by atoms with Crippen molar-refractivity contribution in [3.8, 4) is 0 Å². The van der Waals surface area contributed by atoms with Gasteiger partial charge in [-0.2, -0.15) is 0 Å². The van der Waals surface area contributed by atoms with E-state index in [9.17, 15) is 4.79 Å². The molecular formula is C11H18O2. The van der Waals surface area contributed by atoms with Gasteiger partial charge in [0.15, 0.2) is 0 Å². The van der Waals surface area contributed by atoms with Gasteiger partial charge in [-0.3, -0.25) is 4.79 Å². The van der Waals surface area contributed by atoms with Crippen molar-refractivity contribution in [2.45, 2.75) is 63.4 Å². The van der Waals surface area contributed by atoms with Gasteiger partial charge in [0, 0.05) is 6.42 Å². The molecule has 0 atom stereocenters. The van der Waals surface area contributed by atoms with E-state index in [1.54, 1.807) is 0 Å². The number of hydrogen-bond donors (Lipinski definition) is 0. The minimum Gasteiger partial charge on any atom is -0.459 e. The molecule has 0 radical (unpaired) electrons. The molecule has 2 heteroatoms. The summed E-state index contributed by atoms with van der Waals surface area (Å²) in [6, 6.07) is 0. The van der Waals surface area contributed by atoms with Gasteiger partial charge in [-0.05, 0) is 32.1 Å². The van der Waals surface area contributed by atoms with Crippen LogP contribution in [0.4, 0.5) is 0 Å². The molecule has 2 fully saturated rings. The maximum Gasteiger partial charge on any atom is 0.306 e. The molecule has 1 saturated carbocycles. The Morgan fingerprint density at radius 3 is 2.08 bits per heavy atom. The normalized spacial score (nSPS) is 28.2. The Morgan fingerprint density at radius 2 is 1.54 bits per heavy atom. The Hall–Kier alpha value is -0.530. The lowest BCUT2D eigenvalue weighted by molar-refractivity contribution is -0.149. The number of hydrogen-bond acceptors (Lipinski definition) is 2. The Morgan fingerprint density at radius 1 is 0.923 bits per heavy atom. The Labute approximate surface area is 79.7 Å². The van der Waals surface area contributed by atoms with Gasteiger partial charge in [0.2, 0.25) is 0 Å². The highest BCUT2D eigenvalue weighted by Crippen LogP contribution is 2.37. The van der Waals surface area contributed by atoms with Crippen molar-refractivity contribution in [1.82, 2.24) is 0 Å². The Balaban J connectivity index is 1.97. The molecule has 0 aromatic carbocycles. The first-order valence-corrected chi connectivity index (χ1v) is 5.53. The lowest BCUT2D eigenvalue weighted by atomic mass is 9.85. The lowest BCUT2D eigenvalue weighted by Gasteiger charge is -2.29. The monoisotopic (exact) mass is 182 g/mol. The minimum absolute atomic E-state index is 0.0283. The fourth-order valence-electron chi connectivity index (χ4n) is 2.58. The fraction of sp³-hybridized carbons (Fsp3) is 0.909. The van der Waals surface area contributed by atoms with Crippen molar-refractivity contribution >= 4 is 5.97 Å². The molecule has 0 aromatic rings. The second kappa shape index (κ2) is 3.69. The molecule has 0 unspecified atom stereocenters. The van der Waals surface area contributed by atoms with Crippen LogP contribution in [-0.2, 0) is 9.53 Å². The number of esters is 1. The molecule has 0 aromatic heterocycles. The first-order valence-electron chi connectivity index (χ1n) is 5.53. The average Bonchev–Trinajstić information content (AvgIpc) is 2.42. The van der Waals surface area contributed by atoms with Crippen molar-refractivity contribution < 1.29 is 9.53 Å². The van der Waals surface area contributed by atoms with Gasteiger partial charge in [-0.1, -0.05) is 19.3 Å². The van der Waals surface area contributed by atoms with Crippen LogP contribution in [0.1, 0.15) is 57.8 Å². The molecule has 74 valence electrons. The molecule has 0 amide bonds. The highest BCUT2D eigenvalue weighted by Gasteiger charge is 2.39. The third-order valence-corrected chi connectivity index (χ3v) is 3.38. The zero-order chi connectivity index (χ0) is 9.15. The molecule has 1 aliphatic heterocycles. The molecule has 2 rings (SSSR count). The molecule has 0 bridgehead atoms. The maximum atomic E-state index is 11.1. The summed E-state index contributed by atoms with van der Waals surface area (Å²) in [4.78, 5) is 11.1. The second-order valence-electron chi connectivity index (χ2n) is 4.42. The van der Waals surface area contributed by atoms with Crippen molar-refractivity contribution in [2.24, 2.45) is 0 Å². The number of ether oxygens (including phenoxy) is 1. The van der Waals surface area contributed by atoms with Crippen molar-refractivity contribution in [3.05, 3.63) is 0 Å². The van der Waals surface area contributed by atoms with Gasteiger partial charge >= 0.3 is 5.97 Å². The van der Waals surface area contributed by atoms with Crippen molar-refractivity contribution in [2.75, 3.05) is 0 Å². The van der Waals surface area contributed by atoms with Crippen molar-refractivity contribution in [3.63, 3.8) is 0 Å². The summed E-state index contributed by atoms with van der Waals surface area (Å²) < 4.78 is 5.49. The summed E-state index contributed by atoms with van der Waals surface area (Å²) >= 11 is 0. The second-order valence-corrected chi connectivity index (χ2v) is 4.42. The van der Waals surface area contributed by atoms with Crippen LogP contribution in [0.3, 0.4) is 0 Å². The predicted molar refractivity (Wildman–Crippen MR) is 50.4 cm³/mol. The summed E-state index contributed by atoms with van der Waals surface area (Å²) in [7, 11) is 0. The molecule has 0 N–H and O–H groups in total. The molecule has 1 saturated heterocycles. The smallest absolute Gasteiger partial charge is 0.306 e. The summed E-state index contributed by atoms with van der Waals surface area (Å²) in [5, 5.41) is 0. The highest BCUT2D eigenvalue weighted by atomic mass is 16.6. The summed E-state index contributed by atoms with van der Waals surface area (Å²) in [6.45, 7) is 0. The molecule has 1 heterocycles. The van der Waals surface area contributed by atoms with E-state index in [4.69, 9.17) is 4.74 Å². The van der Waals surface area contributed by atoms with Gasteiger partial charge in [-0.15, -0.1) is 0 Å². The quantitative estimate of drug-likeness (QED) is 0.538. The third-order valence-electron chi connectivity index (χ3n) is 3.38. The van der Waals surface area contributed by atoms with E-state index in [0.717, 1.165) is 19.3 Å². The molecule has 2 aliphatic rings. The summed E-state index contributed by atoms with van der Waals surface area (Å²) in [5.74, 6) is 0.0283. The summed E-state index contributed by atoms with van der Waals surface area (Å²) in [6.07, 6.45) is 10.3. The van der Waals surface area contributed by atoms with E-state index in [-0.39, 0.29) is 11.6 Å². The van der Waals surface area contributed by atoms with E-state index in [1.165, 1.54) is 32.1 Å². The first-order chi connectivity index (χ1) is 6.31. The fourth-order valence-corrected chi connectivity index (χ4v) is 2.58. The standard InChI is InChI=1S/C11H18O2/c12-10-6-9-11(13-10)7-4-2-1-3-5-8-11/h1-9H2. The maximum absolute atomic E-state index is 11.1. The van der Waals surface area contributed by atoms with Gasteiger partial charge in [0.05, 0.1) is 0 Å². The first kappa shape index (κ1) is 9.04. The predicted octanol–water partition coefficient (Wildman–Crippen LogP) is 2.81. The van der Waals surface area contributed by atoms with E-state index >= 15 is 0 Å². The lowest BCUT2D eigenvalue weighted by Crippen LogP contribution is -2.29. The average molecular weight is 182 g/mol. The number of rotatable bonds is 0. The van der Waals surface area contributed by atoms with E-state index in [1.807, 2.05) is 0 Å². The van der Waals surface area contributed by atoms with Crippen LogP contribution in [0, 0.1) is 0 Å². The Kier molecular flexibility index (Phi) is 2.56. The van der Waals surface area contributed by atoms with Crippen LogP contribution in [0.2, 0.25) is 0 Å². The highest BCUT2D eigenvalue weighted by molar-refractivity contribution is 5.72. The van der Waals surface area contributed by atoms with Crippen molar-refractivity contribution in [1.29, 1.82) is 0 Å². The van der Waals surface area contributed by atoms with Crippen LogP contribution < -0.4 is 0 Å². The van der Waals surface area contributed by atoms with E-state index < -0.39 is 0 Å². The molecule has 1 spiro atoms. The molecule has 2 nitrogen and oxygen atoms in total. The molecular weight excluding hydrogens is 164 g/mol. The molecule has 13 heavy (non-hydrogen) atoms. The number of carbonyl (C=O) groups is 1. The zero-order valence-electron chi connectivity index (χ0n) is 8.18. The van der Waals surface area contributed by atoms with Crippen LogP contribution in [0.15, 0.2) is 0 Å². The third kappa shape index (κ3) is 2.04. The number of carbonyl (C=O) groups excluding carboxylic acids is 1. The van der Waals surface area contributed by atoms with Gasteiger partial charge < -0.3 is 4.74 Å². The topological polar surface area (TPSA) is 26.3 Å².